The molecule has 1 aromatic heterocycles. The van der Waals surface area contributed by atoms with Crippen molar-refractivity contribution in [2.24, 2.45) is 0 Å². The van der Waals surface area contributed by atoms with E-state index in [4.69, 9.17) is 15.4 Å². The van der Waals surface area contributed by atoms with E-state index >= 15 is 0 Å². The smallest absolute Gasteiger partial charge is 0.471 e. The van der Waals surface area contributed by atoms with Gasteiger partial charge in [-0.05, 0) is 25.1 Å². The van der Waals surface area contributed by atoms with Crippen LogP contribution in [0, 0.1) is 0 Å². The number of halogens is 4. The molecule has 0 bridgehead atoms. The zero-order valence-electron chi connectivity index (χ0n) is 10.9. The molecule has 11 heteroatoms. The highest BCUT2D eigenvalue weighted by molar-refractivity contribution is 8.13. The molecule has 0 amide bonds. The minimum absolute atomic E-state index is 0.0807. The maximum atomic E-state index is 12.5. The van der Waals surface area contributed by atoms with Gasteiger partial charge in [-0.1, -0.05) is 5.16 Å². The highest BCUT2D eigenvalue weighted by atomic mass is 35.7. The molecule has 1 aromatic carbocycles. The van der Waals surface area contributed by atoms with E-state index in [-0.39, 0.29) is 22.8 Å². The predicted molar refractivity (Wildman–Crippen MR) is 68.9 cm³/mol. The van der Waals surface area contributed by atoms with Crippen molar-refractivity contribution < 1.29 is 30.8 Å². The van der Waals surface area contributed by atoms with Gasteiger partial charge in [-0.15, -0.1) is 0 Å². The summed E-state index contributed by atoms with van der Waals surface area (Å²) in [5.74, 6) is -1.91. The Balaban J connectivity index is 2.58. The number of rotatable bonds is 4. The van der Waals surface area contributed by atoms with Gasteiger partial charge in [0.05, 0.1) is 17.1 Å². The Bertz CT molecular complexity index is 789. The van der Waals surface area contributed by atoms with Gasteiger partial charge < -0.3 is 9.26 Å². The molecule has 0 aliphatic heterocycles. The lowest BCUT2D eigenvalue weighted by molar-refractivity contribution is -0.159. The molecule has 1 heterocycles. The molecule has 2 rings (SSSR count). The summed E-state index contributed by atoms with van der Waals surface area (Å²) >= 11 is 0. The van der Waals surface area contributed by atoms with Gasteiger partial charge >= 0.3 is 12.1 Å². The predicted octanol–water partition coefficient (Wildman–Crippen LogP) is 3.08. The summed E-state index contributed by atoms with van der Waals surface area (Å²) in [6.07, 6.45) is -4.81. The van der Waals surface area contributed by atoms with Crippen LogP contribution >= 0.6 is 10.7 Å². The monoisotopic (exact) mass is 356 g/mol. The first-order chi connectivity index (χ1) is 10.1. The first kappa shape index (κ1) is 16.6. The zero-order chi connectivity index (χ0) is 16.5. The molecular formula is C11H8ClF3N2O4S. The summed E-state index contributed by atoms with van der Waals surface area (Å²) in [6.45, 7) is 1.84. The van der Waals surface area contributed by atoms with E-state index in [2.05, 4.69) is 14.7 Å². The van der Waals surface area contributed by atoms with E-state index in [1.165, 1.54) is 6.07 Å². The van der Waals surface area contributed by atoms with Gasteiger partial charge in [0.15, 0.2) is 0 Å². The van der Waals surface area contributed by atoms with Crippen LogP contribution in [-0.2, 0) is 15.2 Å². The Morgan fingerprint density at radius 3 is 2.55 bits per heavy atom. The van der Waals surface area contributed by atoms with Crippen LogP contribution in [0.1, 0.15) is 12.8 Å². The average molecular weight is 357 g/mol. The van der Waals surface area contributed by atoms with E-state index in [1.807, 2.05) is 0 Å². The fraction of sp³-hybridized carbons (Fsp3) is 0.273. The molecule has 0 N–H and O–H groups in total. The molecule has 22 heavy (non-hydrogen) atoms. The number of aromatic nitrogens is 2. The molecule has 2 aromatic rings. The standard InChI is InChI=1S/C11H8ClF3N2O4S/c1-2-20-8-4-3-6(22(12,18)19)5-7(8)9-16-10(21-17-9)11(13,14)15/h3-5H,2H2,1H3. The van der Waals surface area contributed by atoms with Crippen LogP contribution in [-0.4, -0.2) is 25.2 Å². The third-order valence-corrected chi connectivity index (χ3v) is 3.79. The summed E-state index contributed by atoms with van der Waals surface area (Å²) in [5.41, 5.74) is -0.0807. The van der Waals surface area contributed by atoms with E-state index < -0.39 is 26.9 Å². The third-order valence-electron chi connectivity index (χ3n) is 2.44. The van der Waals surface area contributed by atoms with Crippen molar-refractivity contribution in [3.8, 4) is 17.1 Å². The summed E-state index contributed by atoms with van der Waals surface area (Å²) in [6, 6.07) is 3.41. The van der Waals surface area contributed by atoms with Crippen molar-refractivity contribution in [1.82, 2.24) is 10.1 Å². The first-order valence-electron chi connectivity index (χ1n) is 5.75. The number of hydrogen-bond donors (Lipinski definition) is 0. The van der Waals surface area contributed by atoms with Crippen molar-refractivity contribution in [2.45, 2.75) is 18.0 Å². The zero-order valence-corrected chi connectivity index (χ0v) is 12.5. The Hall–Kier alpha value is -1.81. The number of ether oxygens (including phenoxy) is 1. The molecule has 0 saturated heterocycles. The van der Waals surface area contributed by atoms with Crippen LogP contribution in [0.2, 0.25) is 0 Å². The first-order valence-corrected chi connectivity index (χ1v) is 8.06. The summed E-state index contributed by atoms with van der Waals surface area (Å²) in [7, 11) is 1.13. The Morgan fingerprint density at radius 1 is 1.36 bits per heavy atom. The molecule has 0 aliphatic rings. The molecular weight excluding hydrogens is 349 g/mol. The minimum Gasteiger partial charge on any atom is -0.493 e. The topological polar surface area (TPSA) is 82.3 Å². The van der Waals surface area contributed by atoms with Gasteiger partial charge in [0.1, 0.15) is 5.75 Å². The molecule has 0 radical (unpaired) electrons. The highest BCUT2D eigenvalue weighted by Gasteiger charge is 2.38. The van der Waals surface area contributed by atoms with Crippen molar-refractivity contribution in [1.29, 1.82) is 0 Å². The molecule has 0 unspecified atom stereocenters. The Morgan fingerprint density at radius 2 is 2.05 bits per heavy atom. The van der Waals surface area contributed by atoms with Gasteiger partial charge in [-0.25, -0.2) is 8.42 Å². The van der Waals surface area contributed by atoms with Gasteiger partial charge in [0.2, 0.25) is 5.82 Å². The fourth-order valence-corrected chi connectivity index (χ4v) is 2.34. The lowest BCUT2D eigenvalue weighted by Gasteiger charge is -2.08. The number of nitrogens with zero attached hydrogens (tertiary/aromatic N) is 2. The number of benzene rings is 1. The normalized spacial score (nSPS) is 12.4. The van der Waals surface area contributed by atoms with Crippen molar-refractivity contribution in [3.05, 3.63) is 24.1 Å². The molecule has 0 atom stereocenters. The second-order valence-electron chi connectivity index (χ2n) is 3.95. The van der Waals surface area contributed by atoms with E-state index in [9.17, 15) is 21.6 Å². The quantitative estimate of drug-likeness (QED) is 0.783. The van der Waals surface area contributed by atoms with Crippen molar-refractivity contribution in [2.75, 3.05) is 6.61 Å². The maximum Gasteiger partial charge on any atom is 0.471 e. The number of alkyl halides is 3. The van der Waals surface area contributed by atoms with Gasteiger partial charge in [0, 0.05) is 10.7 Å². The van der Waals surface area contributed by atoms with Crippen LogP contribution in [0.25, 0.3) is 11.4 Å². The average Bonchev–Trinajstić information content (AvgIpc) is 2.87. The lowest BCUT2D eigenvalue weighted by atomic mass is 10.2. The van der Waals surface area contributed by atoms with Crippen LogP contribution in [0.4, 0.5) is 13.2 Å². The van der Waals surface area contributed by atoms with Crippen LogP contribution in [0.15, 0.2) is 27.6 Å². The van der Waals surface area contributed by atoms with Crippen LogP contribution in [0.3, 0.4) is 0 Å². The second kappa shape index (κ2) is 5.76. The van der Waals surface area contributed by atoms with E-state index in [0.717, 1.165) is 12.1 Å². The van der Waals surface area contributed by atoms with Gasteiger partial charge in [-0.2, -0.15) is 18.2 Å². The van der Waals surface area contributed by atoms with Gasteiger partial charge in [-0.3, -0.25) is 0 Å². The molecule has 0 spiro atoms. The SMILES string of the molecule is CCOc1ccc(S(=O)(=O)Cl)cc1-c1noc(C(F)(F)F)n1. The van der Waals surface area contributed by atoms with Crippen LogP contribution < -0.4 is 4.74 Å². The minimum atomic E-state index is -4.81. The van der Waals surface area contributed by atoms with Crippen molar-refractivity contribution >= 4 is 19.7 Å². The highest BCUT2D eigenvalue weighted by Crippen LogP contribution is 2.34. The van der Waals surface area contributed by atoms with Crippen molar-refractivity contribution in [3.63, 3.8) is 0 Å². The Kier molecular flexibility index (Phi) is 4.34. The third kappa shape index (κ3) is 3.50. The lowest BCUT2D eigenvalue weighted by Crippen LogP contribution is -2.05. The molecule has 120 valence electrons. The Labute approximate surface area is 127 Å². The molecule has 6 nitrogen and oxygen atoms in total. The largest absolute Gasteiger partial charge is 0.493 e. The summed E-state index contributed by atoms with van der Waals surface area (Å²) in [4.78, 5) is 2.87. The van der Waals surface area contributed by atoms with Crippen LogP contribution in [0.5, 0.6) is 5.75 Å². The fourth-order valence-electron chi connectivity index (χ4n) is 1.56. The summed E-state index contributed by atoms with van der Waals surface area (Å²) < 4.78 is 69.5. The maximum absolute atomic E-state index is 12.5. The molecule has 0 aliphatic carbocycles. The van der Waals surface area contributed by atoms with E-state index in [1.54, 1.807) is 6.92 Å². The molecule has 0 fully saturated rings. The molecule has 0 saturated carbocycles. The summed E-state index contributed by atoms with van der Waals surface area (Å²) in [5, 5.41) is 3.19. The van der Waals surface area contributed by atoms with E-state index in [0.29, 0.717) is 0 Å². The number of hydrogen-bond acceptors (Lipinski definition) is 6. The second-order valence-corrected chi connectivity index (χ2v) is 6.52. The van der Waals surface area contributed by atoms with Gasteiger partial charge in [0.25, 0.3) is 9.05 Å².